The molecule has 0 aliphatic heterocycles. The van der Waals surface area contributed by atoms with Crippen LogP contribution >= 0.6 is 19.4 Å². The molecule has 3 N–H and O–H groups in total. The second-order valence-electron chi connectivity index (χ2n) is 2.74. The van der Waals surface area contributed by atoms with Gasteiger partial charge in [0.25, 0.3) is 0 Å². The summed E-state index contributed by atoms with van der Waals surface area (Å²) in [4.78, 5) is 27.8. The smallest absolute Gasteiger partial charge is 0.388 e. The molecule has 15 heavy (non-hydrogen) atoms. The van der Waals surface area contributed by atoms with Crippen LogP contribution in [-0.4, -0.2) is 27.0 Å². The van der Waals surface area contributed by atoms with Crippen molar-refractivity contribution >= 4 is 25.4 Å². The maximum atomic E-state index is 11.1. The van der Waals surface area contributed by atoms with Crippen molar-refractivity contribution in [1.29, 1.82) is 0 Å². The number of hydrogen-bond donors (Lipinski definition) is 3. The van der Waals surface area contributed by atoms with Crippen molar-refractivity contribution in [2.45, 2.75) is 25.9 Å². The van der Waals surface area contributed by atoms with Gasteiger partial charge < -0.3 is 9.63 Å². The Morgan fingerprint density at radius 1 is 1.60 bits per heavy atom. The summed E-state index contributed by atoms with van der Waals surface area (Å²) in [7, 11) is -4.91. The number of carbonyl (C=O) groups excluding carboxylic acids is 1. The van der Waals surface area contributed by atoms with Crippen LogP contribution in [0.1, 0.15) is 19.8 Å². The summed E-state index contributed by atoms with van der Waals surface area (Å²) in [6, 6.07) is 0. The van der Waals surface area contributed by atoms with E-state index in [1.807, 2.05) is 0 Å². The predicted octanol–water partition coefficient (Wildman–Crippen LogP) is 0.906. The standard InChI is InChI=1S/C7H12ClO6P/c1-2-3-6(9)5(4-8)7(10)14-15(11,12)13/h4,6,9H,2-3H2,1H3,(H2,11,12,13). The first-order valence-corrected chi connectivity index (χ1v) is 6.06. The molecule has 0 saturated heterocycles. The lowest BCUT2D eigenvalue weighted by molar-refractivity contribution is -0.132. The van der Waals surface area contributed by atoms with Gasteiger partial charge in [0, 0.05) is 5.54 Å². The van der Waals surface area contributed by atoms with Gasteiger partial charge in [-0.25, -0.2) is 9.36 Å². The summed E-state index contributed by atoms with van der Waals surface area (Å²) in [5.41, 5.74) is 0.375. The van der Waals surface area contributed by atoms with E-state index in [0.717, 1.165) is 5.54 Å². The van der Waals surface area contributed by atoms with Gasteiger partial charge in [-0.2, -0.15) is 0 Å². The molecule has 0 aromatic rings. The highest BCUT2D eigenvalue weighted by Crippen LogP contribution is 2.37. The number of aliphatic hydroxyl groups is 1. The number of aliphatic hydroxyl groups excluding tert-OH is 1. The first-order valence-electron chi connectivity index (χ1n) is 4.09. The zero-order valence-electron chi connectivity index (χ0n) is 7.96. The van der Waals surface area contributed by atoms with Gasteiger partial charge in [-0.05, 0) is 6.42 Å². The van der Waals surface area contributed by atoms with Gasteiger partial charge in [0.05, 0.1) is 11.7 Å². The number of rotatable bonds is 5. The molecule has 0 saturated carbocycles. The third kappa shape index (κ3) is 5.92. The normalized spacial score (nSPS) is 14.9. The van der Waals surface area contributed by atoms with Crippen LogP contribution in [0, 0.1) is 0 Å². The SMILES string of the molecule is CCCC(O)C(=CCl)C(=O)OP(=O)(O)O. The first kappa shape index (κ1) is 14.6. The van der Waals surface area contributed by atoms with Gasteiger partial charge in [0.2, 0.25) is 0 Å². The highest BCUT2D eigenvalue weighted by Gasteiger charge is 2.26. The van der Waals surface area contributed by atoms with Crippen molar-refractivity contribution in [3.05, 3.63) is 11.1 Å². The summed E-state index contributed by atoms with van der Waals surface area (Å²) >= 11 is 5.25. The molecular formula is C7H12ClO6P. The molecular weight excluding hydrogens is 246 g/mol. The molecule has 0 rings (SSSR count). The van der Waals surface area contributed by atoms with E-state index >= 15 is 0 Å². The minimum absolute atomic E-state index is 0.245. The maximum Gasteiger partial charge on any atom is 0.527 e. The lowest BCUT2D eigenvalue weighted by atomic mass is 10.1. The van der Waals surface area contributed by atoms with Crippen LogP contribution in [0.25, 0.3) is 0 Å². The van der Waals surface area contributed by atoms with Crippen LogP contribution in [0.4, 0.5) is 0 Å². The van der Waals surface area contributed by atoms with Crippen LogP contribution < -0.4 is 0 Å². The Kier molecular flexibility index (Phi) is 6.09. The number of phosphoric ester groups is 1. The summed E-state index contributed by atoms with van der Waals surface area (Å²) < 4.78 is 14.1. The van der Waals surface area contributed by atoms with Gasteiger partial charge in [-0.3, -0.25) is 9.79 Å². The zero-order valence-corrected chi connectivity index (χ0v) is 9.61. The Labute approximate surface area is 91.7 Å². The third-order valence-corrected chi connectivity index (χ3v) is 2.11. The van der Waals surface area contributed by atoms with Gasteiger partial charge in [0.15, 0.2) is 0 Å². The highest BCUT2D eigenvalue weighted by atomic mass is 35.5. The summed E-state index contributed by atoms with van der Waals surface area (Å²) in [5.74, 6) is -1.32. The maximum absolute atomic E-state index is 11.1. The molecule has 8 heteroatoms. The second kappa shape index (κ2) is 6.25. The van der Waals surface area contributed by atoms with Crippen LogP contribution in [0.15, 0.2) is 11.1 Å². The van der Waals surface area contributed by atoms with Crippen molar-refractivity contribution in [2.24, 2.45) is 0 Å². The molecule has 88 valence electrons. The van der Waals surface area contributed by atoms with Crippen molar-refractivity contribution in [3.8, 4) is 0 Å². The molecule has 0 fully saturated rings. The molecule has 0 aromatic heterocycles. The summed E-state index contributed by atoms with van der Waals surface area (Å²) in [6.45, 7) is 1.77. The monoisotopic (exact) mass is 258 g/mol. The molecule has 0 radical (unpaired) electrons. The first-order chi connectivity index (χ1) is 6.81. The van der Waals surface area contributed by atoms with E-state index in [9.17, 15) is 14.5 Å². The average molecular weight is 259 g/mol. The van der Waals surface area contributed by atoms with Crippen LogP contribution in [0.3, 0.4) is 0 Å². The predicted molar refractivity (Wildman–Crippen MR) is 53.0 cm³/mol. The summed E-state index contributed by atoms with van der Waals surface area (Å²) in [6.07, 6.45) is -0.362. The van der Waals surface area contributed by atoms with Gasteiger partial charge in [-0.15, -0.1) is 0 Å². The number of hydrogen-bond acceptors (Lipinski definition) is 4. The van der Waals surface area contributed by atoms with Crippen molar-refractivity contribution in [2.75, 3.05) is 0 Å². The molecule has 0 aliphatic carbocycles. The van der Waals surface area contributed by atoms with E-state index in [0.29, 0.717) is 6.42 Å². The van der Waals surface area contributed by atoms with E-state index in [4.69, 9.17) is 21.4 Å². The molecule has 0 bridgehead atoms. The summed E-state index contributed by atoms with van der Waals surface area (Å²) in [5, 5.41) is 9.37. The molecule has 0 aromatic carbocycles. The topological polar surface area (TPSA) is 104 Å². The van der Waals surface area contributed by atoms with Gasteiger partial charge in [-0.1, -0.05) is 24.9 Å². The highest BCUT2D eigenvalue weighted by molar-refractivity contribution is 7.46. The van der Waals surface area contributed by atoms with Crippen LogP contribution in [0.2, 0.25) is 0 Å². The fourth-order valence-electron chi connectivity index (χ4n) is 0.843. The molecule has 0 aliphatic rings. The Morgan fingerprint density at radius 2 is 2.13 bits per heavy atom. The third-order valence-electron chi connectivity index (χ3n) is 1.48. The Balaban J connectivity index is 4.57. The second-order valence-corrected chi connectivity index (χ2v) is 4.12. The zero-order chi connectivity index (χ0) is 12.1. The molecule has 1 atom stereocenters. The molecule has 6 nitrogen and oxygen atoms in total. The van der Waals surface area contributed by atoms with E-state index in [1.54, 1.807) is 6.92 Å². The minimum atomic E-state index is -4.91. The van der Waals surface area contributed by atoms with E-state index in [2.05, 4.69) is 4.52 Å². The molecule has 0 spiro atoms. The molecule has 0 heterocycles. The minimum Gasteiger partial charge on any atom is -0.388 e. The van der Waals surface area contributed by atoms with Crippen LogP contribution in [0.5, 0.6) is 0 Å². The molecule has 1 unspecified atom stereocenters. The van der Waals surface area contributed by atoms with E-state index in [-0.39, 0.29) is 12.0 Å². The largest absolute Gasteiger partial charge is 0.527 e. The van der Waals surface area contributed by atoms with Crippen molar-refractivity contribution in [1.82, 2.24) is 0 Å². The Bertz CT molecular complexity index is 296. The Morgan fingerprint density at radius 3 is 2.47 bits per heavy atom. The Hall–Kier alpha value is -0.390. The number of halogens is 1. The van der Waals surface area contributed by atoms with E-state index in [1.165, 1.54) is 0 Å². The van der Waals surface area contributed by atoms with E-state index < -0.39 is 19.9 Å². The quantitative estimate of drug-likeness (QED) is 0.500. The lowest BCUT2D eigenvalue weighted by Gasteiger charge is -2.12. The molecule has 0 amide bonds. The fraction of sp³-hybridized carbons (Fsp3) is 0.571. The average Bonchev–Trinajstić information content (AvgIpc) is 2.02. The van der Waals surface area contributed by atoms with Gasteiger partial charge >= 0.3 is 13.8 Å². The lowest BCUT2D eigenvalue weighted by Crippen LogP contribution is -2.19. The van der Waals surface area contributed by atoms with Gasteiger partial charge in [0.1, 0.15) is 0 Å². The van der Waals surface area contributed by atoms with Crippen molar-refractivity contribution in [3.63, 3.8) is 0 Å². The number of carbonyl (C=O) groups is 1. The number of phosphoric acid groups is 1. The van der Waals surface area contributed by atoms with Crippen molar-refractivity contribution < 1.29 is 28.8 Å². The van der Waals surface area contributed by atoms with Crippen LogP contribution in [-0.2, 0) is 13.9 Å². The fourth-order valence-corrected chi connectivity index (χ4v) is 1.40.